The topological polar surface area (TPSA) is 0 Å². The Labute approximate surface area is 745 Å². The summed E-state index contributed by atoms with van der Waals surface area (Å²) in [6.07, 6.45) is 0. The maximum Gasteiger partial charge on any atom is 0 e. The summed E-state index contributed by atoms with van der Waals surface area (Å²) in [4.78, 5) is 0. The fourth-order valence-corrected chi connectivity index (χ4v) is 0. The Hall–Kier alpha value is 18.6. The van der Waals surface area contributed by atoms with Gasteiger partial charge in [-0.2, -0.15) is 0 Å². The van der Waals surface area contributed by atoms with Crippen LogP contribution in [0.25, 0.3) is 0 Å². The summed E-state index contributed by atoms with van der Waals surface area (Å²) >= 11 is 0. The van der Waals surface area contributed by atoms with Crippen LogP contribution in [-0.2, 0) is 427 Å². The smallest absolute Gasteiger partial charge is 0 e. The van der Waals surface area contributed by atoms with E-state index in [1.165, 1.54) is 0 Å². The van der Waals surface area contributed by atoms with E-state index < -0.39 is 0 Å². The predicted octanol–water partition coefficient (Wildman–Crippen LogP) is -30.3. The molecule has 0 aliphatic rings. The first-order chi connectivity index (χ1) is 0. The first-order valence-corrected chi connectivity index (χ1v) is 0. The van der Waals surface area contributed by atoms with Gasteiger partial charge in [0.2, 0.25) is 0 Å². The largest absolute Gasteiger partial charge is 0 e. The van der Waals surface area contributed by atoms with Crippen LogP contribution in [0.1, 0.15) is 0 Å². The minimum atomic E-state index is 0. The van der Waals surface area contributed by atoms with Gasteiger partial charge in [-0.25, -0.2) is 0 Å². The van der Waals surface area contributed by atoms with E-state index in [1.807, 2.05) is 0 Å². The second-order valence-electron chi connectivity index (χ2n) is 0. The van der Waals surface area contributed by atoms with E-state index >= 15 is 0 Å². The third-order valence-corrected chi connectivity index (χ3v) is 0. The molecule has 0 aromatic heterocycles. The van der Waals surface area contributed by atoms with Crippen LogP contribution >= 0.6 is 0 Å². The van der Waals surface area contributed by atoms with Crippen LogP contribution < -0.4 is 0 Å². The van der Waals surface area contributed by atoms with Crippen LogP contribution in [0, 0.1) is 0 Å². The molecule has 58 heavy (non-hydrogen) atoms. The number of hydrogen-bond acceptors (Lipinski definition) is 0. The van der Waals surface area contributed by atoms with Crippen molar-refractivity contribution in [2.24, 2.45) is 0 Å². The van der Waals surface area contributed by atoms with E-state index in [2.05, 4.69) is 0 Å². The zero-order chi connectivity index (χ0) is 0. The van der Waals surface area contributed by atoms with E-state index in [-0.39, 0.29) is 761 Å². The Bertz CT molecular complexity index is 57.2. The zero-order valence-corrected chi connectivity index (χ0v) is 31.1. The van der Waals surface area contributed by atoms with Crippen LogP contribution in [0.15, 0.2) is 0 Å². The normalized spacial score (nSPS) is 0. The van der Waals surface area contributed by atoms with Gasteiger partial charge in [0.1, 0.15) is 0 Å². The second-order valence-corrected chi connectivity index (χ2v) is 0. The Morgan fingerprint density at radius 2 is 0.0345 bits per heavy atom. The maximum absolute atomic E-state index is 0. The number of rotatable bonds is 0. The molecule has 0 bridgehead atoms. The monoisotopic (exact) mass is 1940 g/mol. The van der Waals surface area contributed by atoms with Crippen molar-refractivity contribution in [3.8, 4) is 0 Å². The molecule has 0 rings (SSSR count). The molecule has 0 fully saturated rings. The van der Waals surface area contributed by atoms with Crippen molar-refractivity contribution in [3.05, 3.63) is 0 Å². The van der Waals surface area contributed by atoms with Crippen LogP contribution in [-0.4, -0.2) is 334 Å². The van der Waals surface area contributed by atoms with Crippen LogP contribution in [0.4, 0.5) is 0 Å². The molecule has 0 amide bonds. The van der Waals surface area contributed by atoms with Gasteiger partial charge in [0.25, 0.3) is 0 Å². The fraction of sp³-hybridized carbons (Fsp3) is 0. The summed E-state index contributed by atoms with van der Waals surface area (Å²) in [5, 5.41) is 0. The van der Waals surface area contributed by atoms with Gasteiger partial charge in [-0.15, -0.1) is 0 Å². The molecule has 0 N–H and O–H groups in total. The van der Waals surface area contributed by atoms with E-state index in [4.69, 9.17) is 0 Å². The molecule has 0 saturated heterocycles. The molecule has 0 aromatic rings. The molecule has 0 aliphatic carbocycles. The van der Waals surface area contributed by atoms with Crippen molar-refractivity contribution in [1.82, 2.24) is 0 Å². The molecule has 25 radical (unpaired) electrons. The Morgan fingerprint density at radius 1 is 0.0345 bits per heavy atom. The molecule has 407 valence electrons. The molecule has 0 atom stereocenters. The SMILES string of the molecule is [BeH2].[BeH2].[BeH2].[BeH2].[BeH2].[BeH2].[BeH2].[BeH2].[BeH2].[BeH2].[BeH2].[BeH2].[BeH2].[BeH2].[BeH2].[BeH2].[BeH2].[BeH2].[BeH2].[BeH2].[BeH2].[BeH2].[BeH2].[BeH2].[BeH2].[BeH2].[BeH2].[BeH2].[BeH2].[BeH2].[BeH2].[BeH2].[BeH2].[Cu].[Cu].[Cu].[Cu].[Cu].[Cu].[Cu].[Cu].[Cu].[Cu].[Cu].[Cu].[Cu].[Cu].[Cu].[Cu].[Cu].[Cu].[Cu].[Cu].[Cu].[Cu].[Cu].[Cu].[Cu]. The molecule has 0 spiro atoms. The minimum absolute atomic E-state index is 0. The maximum atomic E-state index is 0. The van der Waals surface area contributed by atoms with Crippen molar-refractivity contribution < 1.29 is 427 Å². The summed E-state index contributed by atoms with van der Waals surface area (Å²) < 4.78 is 0. The molecule has 0 heterocycles. The zero-order valence-electron chi connectivity index (χ0n) is 7.54. The summed E-state index contributed by atoms with van der Waals surface area (Å²) in [6.45, 7) is 0. The predicted molar refractivity (Wildman–Crippen MR) is 282 cm³/mol. The van der Waals surface area contributed by atoms with Gasteiger partial charge in [0, 0.05) is 427 Å². The van der Waals surface area contributed by atoms with E-state index in [0.717, 1.165) is 0 Å². The molecular weight excluding hydrogens is 1890 g/mol. The van der Waals surface area contributed by atoms with Gasteiger partial charge in [0.05, 0.1) is 0 Å². The quantitative estimate of drug-likeness (QED) is 0.212. The first kappa shape index (κ1) is 1270. The average Bonchev–Trinajstić information content (AvgIpc) is 0. The van der Waals surface area contributed by atoms with Crippen molar-refractivity contribution in [1.29, 1.82) is 0 Å². The van der Waals surface area contributed by atoms with Gasteiger partial charge in [0.15, 0.2) is 0 Å². The third-order valence-electron chi connectivity index (χ3n) is 0. The van der Waals surface area contributed by atoms with Crippen LogP contribution in [0.5, 0.6) is 0 Å². The van der Waals surface area contributed by atoms with Gasteiger partial charge < -0.3 is 0 Å². The fourth-order valence-electron chi connectivity index (χ4n) is 0. The third kappa shape index (κ3) is 1170. The van der Waals surface area contributed by atoms with Crippen molar-refractivity contribution >= 4 is 334 Å². The van der Waals surface area contributed by atoms with Gasteiger partial charge in [-0.05, 0) is 0 Å². The first-order valence-electron chi connectivity index (χ1n) is 0. The molecule has 0 nitrogen and oxygen atoms in total. The summed E-state index contributed by atoms with van der Waals surface area (Å²) in [6, 6.07) is 0. The molecule has 0 aliphatic heterocycles. The molecular formula is H66Be33Cu25. The van der Waals surface area contributed by atoms with Gasteiger partial charge >= 0.3 is 334 Å². The van der Waals surface area contributed by atoms with E-state index in [0.29, 0.717) is 0 Å². The van der Waals surface area contributed by atoms with Crippen molar-refractivity contribution in [3.63, 3.8) is 0 Å². The second kappa shape index (κ2) is 1220. The van der Waals surface area contributed by atoms with Gasteiger partial charge in [-0.1, -0.05) is 0 Å². The number of hydrogen-bond donors (Lipinski definition) is 0. The Morgan fingerprint density at radius 3 is 0.0345 bits per heavy atom. The Balaban J connectivity index is 0. The summed E-state index contributed by atoms with van der Waals surface area (Å²) in [5.74, 6) is 0. The molecule has 0 saturated carbocycles. The van der Waals surface area contributed by atoms with Crippen LogP contribution in [0.2, 0.25) is 0 Å². The van der Waals surface area contributed by atoms with E-state index in [1.54, 1.807) is 0 Å². The average molecular weight is 1950 g/mol. The van der Waals surface area contributed by atoms with Crippen LogP contribution in [0.3, 0.4) is 0 Å². The summed E-state index contributed by atoms with van der Waals surface area (Å²) in [7, 11) is 0. The standard InChI is InChI=1S/33Be.25Cu.66H. The minimum Gasteiger partial charge on any atom is 0 e. The summed E-state index contributed by atoms with van der Waals surface area (Å²) in [5.41, 5.74) is 0. The molecule has 0 aromatic carbocycles. The molecule has 58 heteroatoms. The van der Waals surface area contributed by atoms with Crippen molar-refractivity contribution in [2.45, 2.75) is 0 Å². The van der Waals surface area contributed by atoms with E-state index in [9.17, 15) is 0 Å². The van der Waals surface area contributed by atoms with Gasteiger partial charge in [-0.3, -0.25) is 0 Å². The van der Waals surface area contributed by atoms with Crippen molar-refractivity contribution in [2.75, 3.05) is 0 Å². The Kier molecular flexibility index (Phi) is 26700. The molecule has 0 unspecified atom stereocenters.